The van der Waals surface area contributed by atoms with Crippen molar-refractivity contribution in [2.24, 2.45) is 0 Å². The fourth-order valence-corrected chi connectivity index (χ4v) is 1.63. The first kappa shape index (κ1) is 15.3. The zero-order valence-corrected chi connectivity index (χ0v) is 11.6. The molecule has 1 aromatic rings. The fraction of sp³-hybridized carbons (Fsp3) is 0.385. The van der Waals surface area contributed by atoms with Crippen molar-refractivity contribution in [1.82, 2.24) is 10.6 Å². The lowest BCUT2D eigenvalue weighted by molar-refractivity contribution is -0.143. The molecule has 0 bridgehead atoms. The zero-order chi connectivity index (χ0) is 14.5. The predicted molar refractivity (Wildman–Crippen MR) is 73.2 cm³/mol. The van der Waals surface area contributed by atoms with Gasteiger partial charge in [0.25, 0.3) is 0 Å². The molecule has 0 spiro atoms. The minimum absolute atomic E-state index is 0.284. The smallest absolute Gasteiger partial charge is 0.329 e. The number of benzene rings is 1. The quantitative estimate of drug-likeness (QED) is 0.777. The average Bonchev–Trinajstić information content (AvgIpc) is 2.36. The van der Waals surface area contributed by atoms with Crippen molar-refractivity contribution in [1.29, 1.82) is 0 Å². The highest BCUT2D eigenvalue weighted by atomic mass is 35.5. The van der Waals surface area contributed by atoms with E-state index in [9.17, 15) is 9.59 Å². The van der Waals surface area contributed by atoms with Crippen molar-refractivity contribution in [3.63, 3.8) is 0 Å². The van der Waals surface area contributed by atoms with Crippen LogP contribution in [0, 0.1) is 0 Å². The van der Waals surface area contributed by atoms with Gasteiger partial charge in [-0.3, -0.25) is 0 Å². The molecule has 0 saturated carbocycles. The van der Waals surface area contributed by atoms with Crippen molar-refractivity contribution >= 4 is 23.6 Å². The van der Waals surface area contributed by atoms with E-state index in [0.717, 1.165) is 5.56 Å². The van der Waals surface area contributed by atoms with E-state index in [2.05, 4.69) is 10.6 Å². The van der Waals surface area contributed by atoms with Crippen LogP contribution in [-0.2, 0) is 11.3 Å². The molecule has 104 valence electrons. The molecule has 19 heavy (non-hydrogen) atoms. The van der Waals surface area contributed by atoms with Crippen LogP contribution in [0.15, 0.2) is 24.3 Å². The Labute approximate surface area is 117 Å². The Bertz CT molecular complexity index is 479. The molecule has 1 aromatic carbocycles. The number of rotatable bonds is 5. The lowest BCUT2D eigenvalue weighted by atomic mass is 10.00. The maximum atomic E-state index is 11.7. The molecule has 0 saturated heterocycles. The second-order valence-electron chi connectivity index (χ2n) is 4.43. The number of carbonyl (C=O) groups is 2. The summed E-state index contributed by atoms with van der Waals surface area (Å²) < 4.78 is 0. The molecule has 0 aliphatic heterocycles. The van der Waals surface area contributed by atoms with E-state index >= 15 is 0 Å². The Hall–Kier alpha value is -1.75. The first-order valence-corrected chi connectivity index (χ1v) is 6.29. The van der Waals surface area contributed by atoms with Gasteiger partial charge in [-0.25, -0.2) is 9.59 Å². The van der Waals surface area contributed by atoms with Gasteiger partial charge < -0.3 is 15.7 Å². The number of aliphatic carboxylic acids is 1. The normalized spacial score (nSPS) is 13.4. The van der Waals surface area contributed by atoms with Crippen molar-refractivity contribution in [2.75, 3.05) is 0 Å². The van der Waals surface area contributed by atoms with Crippen LogP contribution in [-0.4, -0.2) is 22.6 Å². The highest BCUT2D eigenvalue weighted by molar-refractivity contribution is 6.30. The molecule has 2 amide bonds. The molecule has 0 aromatic heterocycles. The summed E-state index contributed by atoms with van der Waals surface area (Å²) in [6.45, 7) is 3.45. The van der Waals surface area contributed by atoms with Gasteiger partial charge in [0.05, 0.1) is 0 Å². The summed E-state index contributed by atoms with van der Waals surface area (Å²) in [5.41, 5.74) is -0.422. The molecule has 0 aliphatic rings. The summed E-state index contributed by atoms with van der Waals surface area (Å²) in [6.07, 6.45) is 0.299. The summed E-state index contributed by atoms with van der Waals surface area (Å²) in [6, 6.07) is 6.56. The van der Waals surface area contributed by atoms with Gasteiger partial charge in [-0.15, -0.1) is 0 Å². The summed E-state index contributed by atoms with van der Waals surface area (Å²) in [7, 11) is 0. The third kappa shape index (κ3) is 4.44. The predicted octanol–water partition coefficient (Wildman–Crippen LogP) is 2.39. The van der Waals surface area contributed by atoms with Crippen LogP contribution >= 0.6 is 11.6 Å². The maximum Gasteiger partial charge on any atom is 0.329 e. The van der Waals surface area contributed by atoms with Gasteiger partial charge >= 0.3 is 12.0 Å². The minimum Gasteiger partial charge on any atom is -0.480 e. The van der Waals surface area contributed by atoms with Gasteiger partial charge in [-0.2, -0.15) is 0 Å². The van der Waals surface area contributed by atoms with Gasteiger partial charge in [0.15, 0.2) is 0 Å². The number of carboxylic acid groups (broad SMARTS) is 1. The van der Waals surface area contributed by atoms with Gasteiger partial charge in [0, 0.05) is 11.6 Å². The van der Waals surface area contributed by atoms with Crippen molar-refractivity contribution in [2.45, 2.75) is 32.4 Å². The van der Waals surface area contributed by atoms with E-state index in [4.69, 9.17) is 16.7 Å². The summed E-state index contributed by atoms with van der Waals surface area (Å²) in [5, 5.41) is 14.7. The molecule has 1 atom stereocenters. The van der Waals surface area contributed by atoms with E-state index in [1.807, 2.05) is 6.07 Å². The summed E-state index contributed by atoms with van der Waals surface area (Å²) in [4.78, 5) is 22.7. The fourth-order valence-electron chi connectivity index (χ4n) is 1.42. The molecule has 6 heteroatoms. The lowest BCUT2D eigenvalue weighted by Gasteiger charge is -2.24. The first-order chi connectivity index (χ1) is 8.87. The zero-order valence-electron chi connectivity index (χ0n) is 10.9. The Morgan fingerprint density at radius 2 is 2.11 bits per heavy atom. The topological polar surface area (TPSA) is 78.4 Å². The molecule has 3 N–H and O–H groups in total. The van der Waals surface area contributed by atoms with Gasteiger partial charge in [0.2, 0.25) is 0 Å². The molecule has 1 unspecified atom stereocenters. The molecule has 0 heterocycles. The van der Waals surface area contributed by atoms with Gasteiger partial charge in [-0.1, -0.05) is 30.7 Å². The number of halogens is 1. The number of hydrogen-bond acceptors (Lipinski definition) is 2. The van der Waals surface area contributed by atoms with E-state index in [-0.39, 0.29) is 6.54 Å². The summed E-state index contributed by atoms with van der Waals surface area (Å²) in [5.74, 6) is -1.06. The number of carbonyl (C=O) groups excluding carboxylic acids is 1. The van der Waals surface area contributed by atoms with Crippen LogP contribution in [0.5, 0.6) is 0 Å². The number of hydrogen-bond donors (Lipinski definition) is 3. The Morgan fingerprint density at radius 1 is 1.42 bits per heavy atom. The minimum atomic E-state index is -1.27. The van der Waals surface area contributed by atoms with Crippen molar-refractivity contribution in [3.05, 3.63) is 34.9 Å². The van der Waals surface area contributed by atoms with Crippen LogP contribution in [0.25, 0.3) is 0 Å². The van der Waals surface area contributed by atoms with E-state index in [1.165, 1.54) is 6.92 Å². The molecule has 0 radical (unpaired) electrons. The molecule has 0 fully saturated rings. The van der Waals surface area contributed by atoms with Crippen LogP contribution in [0.4, 0.5) is 4.79 Å². The second-order valence-corrected chi connectivity index (χ2v) is 4.86. The Kier molecular flexibility index (Phi) is 5.18. The monoisotopic (exact) mass is 284 g/mol. The SMILES string of the molecule is CCC(C)(NC(=O)NCc1cccc(Cl)c1)C(=O)O. The van der Waals surface area contributed by atoms with Gasteiger partial charge in [0.1, 0.15) is 5.54 Å². The second kappa shape index (κ2) is 6.43. The molecular formula is C13H17ClN2O3. The largest absolute Gasteiger partial charge is 0.480 e. The number of carboxylic acids is 1. The van der Waals surface area contributed by atoms with Crippen LogP contribution < -0.4 is 10.6 Å². The first-order valence-electron chi connectivity index (χ1n) is 5.91. The lowest BCUT2D eigenvalue weighted by Crippen LogP contribution is -2.54. The van der Waals surface area contributed by atoms with E-state index < -0.39 is 17.5 Å². The van der Waals surface area contributed by atoms with Gasteiger partial charge in [-0.05, 0) is 31.0 Å². The molecule has 0 aliphatic carbocycles. The summed E-state index contributed by atoms with van der Waals surface area (Å²) >= 11 is 5.82. The van der Waals surface area contributed by atoms with Crippen molar-refractivity contribution < 1.29 is 14.7 Å². The number of amides is 2. The van der Waals surface area contributed by atoms with Crippen LogP contribution in [0.2, 0.25) is 5.02 Å². The van der Waals surface area contributed by atoms with Crippen LogP contribution in [0.1, 0.15) is 25.8 Å². The third-order valence-corrected chi connectivity index (χ3v) is 3.15. The maximum absolute atomic E-state index is 11.7. The van der Waals surface area contributed by atoms with E-state index in [1.54, 1.807) is 25.1 Å². The number of urea groups is 1. The highest BCUT2D eigenvalue weighted by Crippen LogP contribution is 2.11. The number of nitrogens with one attached hydrogen (secondary N) is 2. The Balaban J connectivity index is 2.54. The molecule has 1 rings (SSSR count). The molecule has 5 nitrogen and oxygen atoms in total. The van der Waals surface area contributed by atoms with E-state index in [0.29, 0.717) is 11.4 Å². The Morgan fingerprint density at radius 3 is 2.63 bits per heavy atom. The van der Waals surface area contributed by atoms with Crippen LogP contribution in [0.3, 0.4) is 0 Å². The highest BCUT2D eigenvalue weighted by Gasteiger charge is 2.32. The average molecular weight is 285 g/mol. The standard InChI is InChI=1S/C13H17ClN2O3/c1-3-13(2,11(17)18)16-12(19)15-8-9-5-4-6-10(14)7-9/h4-7H,3,8H2,1-2H3,(H,17,18)(H2,15,16,19). The third-order valence-electron chi connectivity index (χ3n) is 2.91. The molecular weight excluding hydrogens is 268 g/mol. The van der Waals surface area contributed by atoms with Crippen molar-refractivity contribution in [3.8, 4) is 0 Å².